The number of nitrogens with zero attached hydrogens (tertiary/aromatic N) is 3. The van der Waals surface area contributed by atoms with Crippen LogP contribution in [0.4, 0.5) is 0 Å². The highest BCUT2D eigenvalue weighted by Gasteiger charge is 2.25. The fourth-order valence-corrected chi connectivity index (χ4v) is 5.64. The van der Waals surface area contributed by atoms with Crippen LogP contribution in [-0.4, -0.2) is 45.4 Å². The van der Waals surface area contributed by atoms with Gasteiger partial charge in [-0.25, -0.2) is 4.98 Å². The number of likely N-dealkylation sites (tertiary alicyclic amines) is 1. The lowest BCUT2D eigenvalue weighted by molar-refractivity contribution is -0.122. The average Bonchev–Trinajstić information content (AvgIpc) is 3.57. The molecule has 2 amide bonds. The lowest BCUT2D eigenvalue weighted by Crippen LogP contribution is -2.47. The number of furan rings is 1. The largest absolute Gasteiger partial charge is 0.472 e. The van der Waals surface area contributed by atoms with Crippen LogP contribution in [0, 0.1) is 0 Å². The van der Waals surface area contributed by atoms with Gasteiger partial charge in [-0.15, -0.1) is 22.7 Å². The number of thiophene rings is 2. The van der Waals surface area contributed by atoms with Crippen molar-refractivity contribution in [1.82, 2.24) is 19.8 Å². The van der Waals surface area contributed by atoms with E-state index in [9.17, 15) is 14.4 Å². The van der Waals surface area contributed by atoms with Crippen molar-refractivity contribution in [3.05, 3.63) is 63.7 Å². The summed E-state index contributed by atoms with van der Waals surface area (Å²) in [5, 5.41) is 7.45. The Balaban J connectivity index is 1.23. The second-order valence-corrected chi connectivity index (χ2v) is 9.44. The summed E-state index contributed by atoms with van der Waals surface area (Å²) in [6.07, 6.45) is 5.68. The monoisotopic (exact) mass is 468 g/mol. The first-order chi connectivity index (χ1) is 15.6. The fourth-order valence-electron chi connectivity index (χ4n) is 3.92. The third-order valence-electron chi connectivity index (χ3n) is 5.58. The smallest absolute Gasteiger partial charge is 0.263 e. The molecule has 32 heavy (non-hydrogen) atoms. The topological polar surface area (TPSA) is 97.4 Å². The van der Waals surface area contributed by atoms with Gasteiger partial charge in [-0.1, -0.05) is 6.07 Å². The van der Waals surface area contributed by atoms with E-state index in [1.807, 2.05) is 22.9 Å². The van der Waals surface area contributed by atoms with Crippen LogP contribution in [0.1, 0.15) is 23.2 Å². The third kappa shape index (κ3) is 3.98. The number of fused-ring (bicyclic) bond motifs is 1. The number of rotatable bonds is 5. The zero-order valence-corrected chi connectivity index (χ0v) is 18.7. The summed E-state index contributed by atoms with van der Waals surface area (Å²) >= 11 is 2.99. The molecule has 0 atom stereocenters. The molecule has 0 spiro atoms. The predicted octanol–water partition coefficient (Wildman–Crippen LogP) is 3.20. The molecule has 164 valence electrons. The average molecular weight is 469 g/mol. The first-order valence-electron chi connectivity index (χ1n) is 10.2. The molecule has 0 unspecified atom stereocenters. The van der Waals surface area contributed by atoms with Crippen LogP contribution in [0.15, 0.2) is 57.0 Å². The number of carbonyl (C=O) groups is 2. The molecule has 1 N–H and O–H groups in total. The maximum atomic E-state index is 13.1. The van der Waals surface area contributed by atoms with E-state index in [0.717, 1.165) is 10.4 Å². The van der Waals surface area contributed by atoms with E-state index in [4.69, 9.17) is 4.42 Å². The van der Waals surface area contributed by atoms with Gasteiger partial charge in [0.15, 0.2) is 0 Å². The third-order valence-corrected chi connectivity index (χ3v) is 7.37. The van der Waals surface area contributed by atoms with Gasteiger partial charge in [-0.3, -0.25) is 19.0 Å². The highest BCUT2D eigenvalue weighted by Crippen LogP contribution is 2.33. The van der Waals surface area contributed by atoms with E-state index in [2.05, 4.69) is 10.3 Å². The number of amides is 2. The lowest BCUT2D eigenvalue weighted by Gasteiger charge is -2.32. The van der Waals surface area contributed by atoms with Crippen molar-refractivity contribution in [2.45, 2.75) is 25.4 Å². The zero-order valence-electron chi connectivity index (χ0n) is 17.0. The Morgan fingerprint density at radius 3 is 2.78 bits per heavy atom. The number of hydrogen-bond acceptors (Lipinski definition) is 7. The Hall–Kier alpha value is -3.24. The molecule has 0 bridgehead atoms. The fraction of sp³-hybridized carbons (Fsp3) is 0.273. The van der Waals surface area contributed by atoms with Crippen LogP contribution in [0.25, 0.3) is 20.7 Å². The highest BCUT2D eigenvalue weighted by atomic mass is 32.1. The number of aromatic nitrogens is 2. The van der Waals surface area contributed by atoms with Crippen LogP contribution in [0.5, 0.6) is 0 Å². The van der Waals surface area contributed by atoms with Crippen LogP contribution < -0.4 is 10.9 Å². The standard InChI is InChI=1S/C22H20N4O4S2/c27-18(24-15-3-6-25(7-4-15)21(28)14-5-8-30-11-14)10-26-13-23-20-19(22(26)29)16(12-32-20)17-2-1-9-31-17/h1-2,5,8-9,11-13,15H,3-4,6-7,10H2,(H,24,27). The van der Waals surface area contributed by atoms with Crippen molar-refractivity contribution in [3.8, 4) is 10.4 Å². The van der Waals surface area contributed by atoms with E-state index in [1.54, 1.807) is 22.3 Å². The normalized spacial score (nSPS) is 14.7. The Morgan fingerprint density at radius 2 is 2.06 bits per heavy atom. The molecule has 10 heteroatoms. The lowest BCUT2D eigenvalue weighted by atomic mass is 10.0. The van der Waals surface area contributed by atoms with E-state index in [-0.39, 0.29) is 30.0 Å². The van der Waals surface area contributed by atoms with Gasteiger partial charge in [-0.05, 0) is 30.4 Å². The van der Waals surface area contributed by atoms with Crippen LogP contribution in [0.2, 0.25) is 0 Å². The molecule has 5 rings (SSSR count). The molecule has 4 aromatic heterocycles. The minimum Gasteiger partial charge on any atom is -0.472 e. The first-order valence-corrected chi connectivity index (χ1v) is 12.0. The second kappa shape index (κ2) is 8.71. The van der Waals surface area contributed by atoms with E-state index in [0.29, 0.717) is 41.7 Å². The SMILES string of the molecule is O=C(Cn1cnc2scc(-c3cccs3)c2c1=O)NC1CCN(C(=O)c2ccoc2)CC1. The van der Waals surface area contributed by atoms with E-state index >= 15 is 0 Å². The number of nitrogens with one attached hydrogen (secondary N) is 1. The summed E-state index contributed by atoms with van der Waals surface area (Å²) < 4.78 is 6.34. The van der Waals surface area contributed by atoms with Gasteiger partial charge in [0.1, 0.15) is 17.6 Å². The maximum absolute atomic E-state index is 13.1. The van der Waals surface area contributed by atoms with Gasteiger partial charge >= 0.3 is 0 Å². The van der Waals surface area contributed by atoms with E-state index in [1.165, 1.54) is 34.8 Å². The molecule has 0 aromatic carbocycles. The number of carbonyl (C=O) groups excluding carboxylic acids is 2. The molecule has 1 aliphatic heterocycles. The van der Waals surface area contributed by atoms with Gasteiger partial charge in [0.2, 0.25) is 5.91 Å². The molecule has 1 fully saturated rings. The molecule has 0 aliphatic carbocycles. The number of piperidine rings is 1. The van der Waals surface area contributed by atoms with Crippen LogP contribution in [0.3, 0.4) is 0 Å². The van der Waals surface area contributed by atoms with Crippen LogP contribution in [-0.2, 0) is 11.3 Å². The Morgan fingerprint density at radius 1 is 1.22 bits per heavy atom. The second-order valence-electron chi connectivity index (χ2n) is 7.63. The molecule has 1 saturated heterocycles. The van der Waals surface area contributed by atoms with Gasteiger partial charge in [0.25, 0.3) is 11.5 Å². The van der Waals surface area contributed by atoms with Crippen molar-refractivity contribution in [3.63, 3.8) is 0 Å². The molecular weight excluding hydrogens is 448 g/mol. The summed E-state index contributed by atoms with van der Waals surface area (Å²) in [6.45, 7) is 1.03. The Bertz CT molecular complexity index is 1300. The van der Waals surface area contributed by atoms with Gasteiger partial charge in [-0.2, -0.15) is 0 Å². The zero-order chi connectivity index (χ0) is 22.1. The molecule has 0 saturated carbocycles. The highest BCUT2D eigenvalue weighted by molar-refractivity contribution is 7.18. The van der Waals surface area contributed by atoms with Crippen molar-refractivity contribution >= 4 is 44.7 Å². The Labute approximate surface area is 191 Å². The van der Waals surface area contributed by atoms with Gasteiger partial charge < -0.3 is 14.6 Å². The molecule has 1 aliphatic rings. The predicted molar refractivity (Wildman–Crippen MR) is 123 cm³/mol. The quantitative estimate of drug-likeness (QED) is 0.485. The molecule has 5 heterocycles. The van der Waals surface area contributed by atoms with Crippen molar-refractivity contribution in [2.75, 3.05) is 13.1 Å². The van der Waals surface area contributed by atoms with Crippen molar-refractivity contribution < 1.29 is 14.0 Å². The molecular formula is C22H20N4O4S2. The van der Waals surface area contributed by atoms with Crippen LogP contribution >= 0.6 is 22.7 Å². The summed E-state index contributed by atoms with van der Waals surface area (Å²) in [5.74, 6) is -0.299. The Kier molecular flexibility index (Phi) is 5.62. The van der Waals surface area contributed by atoms with Gasteiger partial charge in [0.05, 0.1) is 23.5 Å². The summed E-state index contributed by atoms with van der Waals surface area (Å²) in [5.41, 5.74) is 1.18. The minimum atomic E-state index is -0.235. The number of hydrogen-bond donors (Lipinski definition) is 1. The van der Waals surface area contributed by atoms with Crippen molar-refractivity contribution in [1.29, 1.82) is 0 Å². The summed E-state index contributed by atoms with van der Waals surface area (Å²) in [6, 6.07) is 5.53. The molecule has 0 radical (unpaired) electrons. The summed E-state index contributed by atoms with van der Waals surface area (Å²) in [4.78, 5) is 45.9. The molecule has 8 nitrogen and oxygen atoms in total. The molecule has 4 aromatic rings. The first kappa shape index (κ1) is 20.7. The maximum Gasteiger partial charge on any atom is 0.263 e. The van der Waals surface area contributed by atoms with Gasteiger partial charge in [0, 0.05) is 35.0 Å². The minimum absolute atomic E-state index is 0.0360. The van der Waals surface area contributed by atoms with E-state index < -0.39 is 0 Å². The summed E-state index contributed by atoms with van der Waals surface area (Å²) in [7, 11) is 0. The van der Waals surface area contributed by atoms with Crippen molar-refractivity contribution in [2.24, 2.45) is 0 Å².